The molecule has 1 amide bonds. The number of aromatic nitrogens is 4. The largest absolute Gasteiger partial charge is 0.480 e. The first-order chi connectivity index (χ1) is 16.5. The topological polar surface area (TPSA) is 121 Å². The van der Waals surface area contributed by atoms with E-state index in [9.17, 15) is 9.59 Å². The van der Waals surface area contributed by atoms with E-state index in [1.54, 1.807) is 0 Å². The third kappa shape index (κ3) is 4.66. The first-order valence-electron chi connectivity index (χ1n) is 11.4. The van der Waals surface area contributed by atoms with E-state index in [1.165, 1.54) is 6.92 Å². The standard InChI is InChI=1S/C26H25N5O3/c1-15(26(33)34)27-25(32)23(18-6-7-18)13-16-2-3-22-14-21(11-10-20(22)12-16)17-4-8-19(9-5-17)24-28-30-31-29-24/h2-5,8-12,14-15,18,23H,6-7,13H2,1H3,(H,27,32)(H,33,34)(H,28,29,30,31). The highest BCUT2D eigenvalue weighted by molar-refractivity contribution is 5.89. The van der Waals surface area contributed by atoms with Gasteiger partial charge in [0.1, 0.15) is 6.04 Å². The monoisotopic (exact) mass is 455 g/mol. The summed E-state index contributed by atoms with van der Waals surface area (Å²) in [6, 6.07) is 19.8. The smallest absolute Gasteiger partial charge is 0.325 e. The van der Waals surface area contributed by atoms with Gasteiger partial charge in [-0.25, -0.2) is 0 Å². The number of nitrogens with one attached hydrogen (secondary N) is 2. The third-order valence-electron chi connectivity index (χ3n) is 6.44. The number of tetrazole rings is 1. The number of hydrogen-bond donors (Lipinski definition) is 3. The molecule has 2 unspecified atom stereocenters. The highest BCUT2D eigenvalue weighted by Gasteiger charge is 2.37. The second kappa shape index (κ2) is 9.05. The van der Waals surface area contributed by atoms with Crippen LogP contribution in [0.3, 0.4) is 0 Å². The Balaban J connectivity index is 1.33. The van der Waals surface area contributed by atoms with Crippen molar-refractivity contribution in [3.8, 4) is 22.5 Å². The summed E-state index contributed by atoms with van der Waals surface area (Å²) in [6.45, 7) is 1.50. The van der Waals surface area contributed by atoms with E-state index in [0.717, 1.165) is 45.9 Å². The van der Waals surface area contributed by atoms with Crippen molar-refractivity contribution in [1.82, 2.24) is 25.9 Å². The highest BCUT2D eigenvalue weighted by atomic mass is 16.4. The van der Waals surface area contributed by atoms with Crippen LogP contribution in [0, 0.1) is 11.8 Å². The minimum Gasteiger partial charge on any atom is -0.480 e. The molecule has 1 heterocycles. The minimum atomic E-state index is -1.02. The lowest BCUT2D eigenvalue weighted by atomic mass is 9.91. The van der Waals surface area contributed by atoms with Gasteiger partial charge in [-0.05, 0) is 70.8 Å². The van der Waals surface area contributed by atoms with E-state index < -0.39 is 12.0 Å². The van der Waals surface area contributed by atoms with Crippen LogP contribution < -0.4 is 5.32 Å². The molecule has 0 radical (unpaired) electrons. The van der Waals surface area contributed by atoms with Gasteiger partial charge in [-0.2, -0.15) is 5.21 Å². The molecule has 34 heavy (non-hydrogen) atoms. The van der Waals surface area contributed by atoms with Crippen LogP contribution in [-0.4, -0.2) is 43.6 Å². The molecule has 0 saturated heterocycles. The number of H-pyrrole nitrogens is 1. The molecule has 4 aromatic rings. The summed E-state index contributed by atoms with van der Waals surface area (Å²) in [4.78, 5) is 23.8. The second-order valence-corrected chi connectivity index (χ2v) is 8.93. The highest BCUT2D eigenvalue weighted by Crippen LogP contribution is 2.39. The summed E-state index contributed by atoms with van der Waals surface area (Å²) in [5, 5.41) is 28.1. The van der Waals surface area contributed by atoms with Gasteiger partial charge < -0.3 is 10.4 Å². The average Bonchev–Trinajstić information content (AvgIpc) is 3.54. The van der Waals surface area contributed by atoms with Crippen LogP contribution in [0.15, 0.2) is 60.7 Å². The molecule has 2 atom stereocenters. The Hall–Kier alpha value is -4.07. The predicted octanol–water partition coefficient (Wildman–Crippen LogP) is 3.84. The van der Waals surface area contributed by atoms with Gasteiger partial charge >= 0.3 is 5.97 Å². The molecule has 8 heteroatoms. The summed E-state index contributed by atoms with van der Waals surface area (Å²) in [7, 11) is 0. The molecule has 1 aromatic heterocycles. The predicted molar refractivity (Wildman–Crippen MR) is 128 cm³/mol. The van der Waals surface area contributed by atoms with E-state index in [-0.39, 0.29) is 11.8 Å². The maximum Gasteiger partial charge on any atom is 0.325 e. The number of fused-ring (bicyclic) bond motifs is 1. The maximum atomic E-state index is 12.7. The Morgan fingerprint density at radius 1 is 1.00 bits per heavy atom. The SMILES string of the molecule is CC(NC(=O)C(Cc1ccc2cc(-c3ccc(-c4nn[nH]n4)cc3)ccc2c1)C1CC1)C(=O)O. The van der Waals surface area contributed by atoms with Crippen LogP contribution in [0.25, 0.3) is 33.3 Å². The number of aliphatic carboxylic acids is 1. The molecule has 8 nitrogen and oxygen atoms in total. The van der Waals surface area contributed by atoms with Crippen LogP contribution in [0.5, 0.6) is 0 Å². The van der Waals surface area contributed by atoms with E-state index in [0.29, 0.717) is 18.2 Å². The third-order valence-corrected chi connectivity index (χ3v) is 6.44. The van der Waals surface area contributed by atoms with E-state index in [2.05, 4.69) is 62.3 Å². The Kier molecular flexibility index (Phi) is 5.79. The summed E-state index contributed by atoms with van der Waals surface area (Å²) in [5.41, 5.74) is 4.18. The molecular formula is C26H25N5O3. The zero-order valence-corrected chi connectivity index (χ0v) is 18.7. The molecule has 3 N–H and O–H groups in total. The number of carboxylic acids is 1. The van der Waals surface area contributed by atoms with E-state index in [4.69, 9.17) is 5.11 Å². The number of benzene rings is 3. The van der Waals surface area contributed by atoms with Gasteiger partial charge in [0.2, 0.25) is 11.7 Å². The van der Waals surface area contributed by atoms with Crippen LogP contribution in [0.4, 0.5) is 0 Å². The van der Waals surface area contributed by atoms with Crippen molar-refractivity contribution >= 4 is 22.6 Å². The molecule has 0 aliphatic heterocycles. The van der Waals surface area contributed by atoms with E-state index in [1.807, 2.05) is 24.3 Å². The first kappa shape index (κ1) is 21.8. The zero-order valence-electron chi connectivity index (χ0n) is 18.7. The van der Waals surface area contributed by atoms with Gasteiger partial charge in [0, 0.05) is 11.5 Å². The Morgan fingerprint density at radius 2 is 1.68 bits per heavy atom. The summed E-state index contributed by atoms with van der Waals surface area (Å²) >= 11 is 0. The molecular weight excluding hydrogens is 430 g/mol. The summed E-state index contributed by atoms with van der Waals surface area (Å²) < 4.78 is 0. The Morgan fingerprint density at radius 3 is 2.35 bits per heavy atom. The van der Waals surface area contributed by atoms with Gasteiger partial charge in [0.15, 0.2) is 0 Å². The van der Waals surface area contributed by atoms with Gasteiger partial charge in [-0.3, -0.25) is 9.59 Å². The van der Waals surface area contributed by atoms with Crippen molar-refractivity contribution in [1.29, 1.82) is 0 Å². The van der Waals surface area contributed by atoms with Crippen molar-refractivity contribution in [2.75, 3.05) is 0 Å². The Bertz CT molecular complexity index is 1330. The zero-order chi connectivity index (χ0) is 23.7. The van der Waals surface area contributed by atoms with Crippen molar-refractivity contribution in [3.63, 3.8) is 0 Å². The van der Waals surface area contributed by atoms with Crippen LogP contribution in [-0.2, 0) is 16.0 Å². The van der Waals surface area contributed by atoms with Crippen molar-refractivity contribution in [3.05, 3.63) is 66.2 Å². The van der Waals surface area contributed by atoms with Gasteiger partial charge in [-0.15, -0.1) is 10.2 Å². The van der Waals surface area contributed by atoms with Crippen LogP contribution in [0.1, 0.15) is 25.3 Å². The van der Waals surface area contributed by atoms with Gasteiger partial charge in [0.25, 0.3) is 0 Å². The molecule has 0 bridgehead atoms. The number of rotatable bonds is 8. The number of carbonyl (C=O) groups excluding carboxylic acids is 1. The lowest BCUT2D eigenvalue weighted by Gasteiger charge is -2.18. The normalized spacial score (nSPS) is 15.1. The molecule has 5 rings (SSSR count). The molecule has 1 fully saturated rings. The van der Waals surface area contributed by atoms with Crippen molar-refractivity contribution in [2.24, 2.45) is 11.8 Å². The quantitative estimate of drug-likeness (QED) is 0.371. The number of aromatic amines is 1. The van der Waals surface area contributed by atoms with Crippen molar-refractivity contribution in [2.45, 2.75) is 32.2 Å². The fourth-order valence-corrected chi connectivity index (χ4v) is 4.31. The average molecular weight is 456 g/mol. The summed E-state index contributed by atoms with van der Waals surface area (Å²) in [6.07, 6.45) is 2.64. The molecule has 0 spiro atoms. The minimum absolute atomic E-state index is 0.169. The fraction of sp³-hybridized carbons (Fsp3) is 0.269. The molecule has 1 aliphatic carbocycles. The number of carboxylic acid groups (broad SMARTS) is 1. The van der Waals surface area contributed by atoms with E-state index >= 15 is 0 Å². The van der Waals surface area contributed by atoms with Gasteiger partial charge in [0.05, 0.1) is 0 Å². The maximum absolute atomic E-state index is 12.7. The van der Waals surface area contributed by atoms with Crippen LogP contribution in [0.2, 0.25) is 0 Å². The number of carbonyl (C=O) groups is 2. The van der Waals surface area contributed by atoms with Crippen molar-refractivity contribution < 1.29 is 14.7 Å². The molecule has 1 saturated carbocycles. The molecule has 1 aliphatic rings. The molecule has 3 aromatic carbocycles. The lowest BCUT2D eigenvalue weighted by molar-refractivity contribution is -0.142. The second-order valence-electron chi connectivity index (χ2n) is 8.93. The lowest BCUT2D eigenvalue weighted by Crippen LogP contribution is -2.42. The fourth-order valence-electron chi connectivity index (χ4n) is 4.31. The van der Waals surface area contributed by atoms with Gasteiger partial charge in [-0.1, -0.05) is 54.6 Å². The number of hydrogen-bond acceptors (Lipinski definition) is 5. The number of amides is 1. The number of nitrogens with zero attached hydrogens (tertiary/aromatic N) is 3. The Labute approximate surface area is 196 Å². The molecule has 172 valence electrons. The van der Waals surface area contributed by atoms with Crippen LogP contribution >= 0.6 is 0 Å². The summed E-state index contributed by atoms with van der Waals surface area (Å²) in [5.74, 6) is -0.495. The first-order valence-corrected chi connectivity index (χ1v) is 11.4.